The van der Waals surface area contributed by atoms with Crippen LogP contribution in [0.15, 0.2) is 47.3 Å². The van der Waals surface area contributed by atoms with Crippen molar-refractivity contribution in [1.82, 2.24) is 9.97 Å². The number of rotatable bonds is 6. The number of halogens is 1. The van der Waals surface area contributed by atoms with Crippen molar-refractivity contribution in [3.8, 4) is 6.01 Å². The number of ether oxygens (including phenoxy) is 1. The highest BCUT2D eigenvalue weighted by molar-refractivity contribution is 7.08. The number of urea groups is 1. The molecular formula is C18H17FN4O2S. The molecule has 0 aliphatic rings. The Balaban J connectivity index is 1.56. The van der Waals surface area contributed by atoms with Gasteiger partial charge in [-0.05, 0) is 23.9 Å². The summed E-state index contributed by atoms with van der Waals surface area (Å²) in [6.45, 7) is 2.37. The third kappa shape index (κ3) is 5.00. The molecule has 26 heavy (non-hydrogen) atoms. The number of thiophene rings is 1. The summed E-state index contributed by atoms with van der Waals surface area (Å²) in [4.78, 5) is 19.6. The van der Waals surface area contributed by atoms with Crippen LogP contribution in [-0.2, 0) is 6.42 Å². The van der Waals surface area contributed by atoms with Crippen molar-refractivity contribution in [2.45, 2.75) is 13.3 Å². The Morgan fingerprint density at radius 2 is 2.04 bits per heavy atom. The van der Waals surface area contributed by atoms with Crippen LogP contribution in [0.25, 0.3) is 0 Å². The minimum absolute atomic E-state index is 0.00402. The molecule has 0 fully saturated rings. The van der Waals surface area contributed by atoms with Crippen LogP contribution in [0.3, 0.4) is 0 Å². The zero-order valence-corrected chi connectivity index (χ0v) is 14.8. The number of nitrogens with zero attached hydrogens (tertiary/aromatic N) is 2. The van der Waals surface area contributed by atoms with Crippen LogP contribution in [0.4, 0.5) is 20.7 Å². The zero-order valence-electron chi connectivity index (χ0n) is 14.0. The van der Waals surface area contributed by atoms with Crippen LogP contribution in [0.5, 0.6) is 6.01 Å². The van der Waals surface area contributed by atoms with Gasteiger partial charge in [0.15, 0.2) is 11.6 Å². The first-order valence-corrected chi connectivity index (χ1v) is 8.85. The predicted molar refractivity (Wildman–Crippen MR) is 99.3 cm³/mol. The number of benzene rings is 1. The Morgan fingerprint density at radius 1 is 1.23 bits per heavy atom. The maximum Gasteiger partial charge on any atom is 0.324 e. The number of carbonyl (C=O) groups is 1. The van der Waals surface area contributed by atoms with Gasteiger partial charge in [0.2, 0.25) is 0 Å². The lowest BCUT2D eigenvalue weighted by Gasteiger charge is -2.09. The fourth-order valence-electron chi connectivity index (χ4n) is 2.13. The highest BCUT2D eigenvalue weighted by Gasteiger charge is 2.12. The second-order valence-electron chi connectivity index (χ2n) is 5.52. The fraction of sp³-hybridized carbons (Fsp3) is 0.167. The minimum Gasteiger partial charge on any atom is -0.463 e. The third-order valence-corrected chi connectivity index (χ3v) is 4.16. The normalized spacial score (nSPS) is 10.4. The molecule has 0 unspecified atom stereocenters. The lowest BCUT2D eigenvalue weighted by atomic mass is 10.1. The lowest BCUT2D eigenvalue weighted by molar-refractivity contribution is 0.262. The van der Waals surface area contributed by atoms with Crippen molar-refractivity contribution >= 4 is 28.9 Å². The molecule has 2 aromatic heterocycles. The molecule has 134 valence electrons. The smallest absolute Gasteiger partial charge is 0.324 e. The summed E-state index contributed by atoms with van der Waals surface area (Å²) in [6.07, 6.45) is 1.64. The van der Waals surface area contributed by atoms with E-state index in [4.69, 9.17) is 4.74 Å². The number of aromatic nitrogens is 2. The molecule has 0 aliphatic heterocycles. The summed E-state index contributed by atoms with van der Waals surface area (Å²) in [5.74, 6) is -0.977. The van der Waals surface area contributed by atoms with Gasteiger partial charge in [0.1, 0.15) is 0 Å². The van der Waals surface area contributed by atoms with E-state index >= 15 is 0 Å². The summed E-state index contributed by atoms with van der Waals surface area (Å²) in [6, 6.07) is 9.24. The summed E-state index contributed by atoms with van der Waals surface area (Å²) in [7, 11) is 0. The van der Waals surface area contributed by atoms with Gasteiger partial charge in [-0.3, -0.25) is 5.32 Å². The highest BCUT2D eigenvalue weighted by Crippen LogP contribution is 2.16. The van der Waals surface area contributed by atoms with E-state index in [1.807, 2.05) is 36.6 Å². The molecule has 8 heteroatoms. The minimum atomic E-state index is -0.739. The van der Waals surface area contributed by atoms with E-state index in [1.165, 1.54) is 16.9 Å². The van der Waals surface area contributed by atoms with Gasteiger partial charge in [0.25, 0.3) is 0 Å². The Morgan fingerprint density at radius 3 is 2.77 bits per heavy atom. The molecule has 1 aromatic carbocycles. The van der Waals surface area contributed by atoms with Gasteiger partial charge in [-0.1, -0.05) is 29.8 Å². The Bertz CT molecular complexity index is 869. The largest absolute Gasteiger partial charge is 0.463 e. The zero-order chi connectivity index (χ0) is 18.4. The second-order valence-corrected chi connectivity index (χ2v) is 6.30. The molecular weight excluding hydrogens is 355 g/mol. The first-order chi connectivity index (χ1) is 12.6. The van der Waals surface area contributed by atoms with E-state index in [9.17, 15) is 9.18 Å². The molecule has 0 saturated carbocycles. The lowest BCUT2D eigenvalue weighted by Crippen LogP contribution is -2.21. The van der Waals surface area contributed by atoms with Gasteiger partial charge < -0.3 is 10.1 Å². The molecule has 3 aromatic rings. The van der Waals surface area contributed by atoms with Gasteiger partial charge in [-0.25, -0.2) is 14.2 Å². The van der Waals surface area contributed by atoms with Crippen LogP contribution in [0.1, 0.15) is 11.1 Å². The Kier molecular flexibility index (Phi) is 5.75. The van der Waals surface area contributed by atoms with Gasteiger partial charge in [-0.2, -0.15) is 16.3 Å². The Labute approximate surface area is 154 Å². The molecule has 0 aliphatic carbocycles. The van der Waals surface area contributed by atoms with E-state index in [2.05, 4.69) is 20.6 Å². The van der Waals surface area contributed by atoms with E-state index in [-0.39, 0.29) is 11.8 Å². The number of nitrogens with one attached hydrogen (secondary N) is 2. The second kappa shape index (κ2) is 8.39. The average Bonchev–Trinajstić information content (AvgIpc) is 3.12. The standard InChI is InChI=1S/C18H17FN4O2S/c1-12-2-4-13(5-3-12)6-8-25-18-20-10-15(19)16(23-18)22-17(24)21-14-7-9-26-11-14/h2-5,7,9-11H,6,8H2,1H3,(H2,20,21,22,23,24). The molecule has 0 saturated heterocycles. The van der Waals surface area contributed by atoms with Crippen molar-refractivity contribution in [2.24, 2.45) is 0 Å². The van der Waals surface area contributed by atoms with Gasteiger partial charge in [-0.15, -0.1) is 0 Å². The van der Waals surface area contributed by atoms with Crippen LogP contribution < -0.4 is 15.4 Å². The monoisotopic (exact) mass is 372 g/mol. The SMILES string of the molecule is Cc1ccc(CCOc2ncc(F)c(NC(=O)Nc3ccsc3)n2)cc1. The first-order valence-electron chi connectivity index (χ1n) is 7.91. The molecule has 0 atom stereocenters. The van der Waals surface area contributed by atoms with Gasteiger partial charge >= 0.3 is 12.0 Å². The molecule has 2 heterocycles. The number of hydrogen-bond acceptors (Lipinski definition) is 5. The van der Waals surface area contributed by atoms with E-state index in [0.717, 1.165) is 11.8 Å². The van der Waals surface area contributed by atoms with Crippen molar-refractivity contribution in [3.63, 3.8) is 0 Å². The topological polar surface area (TPSA) is 76.1 Å². The van der Waals surface area contributed by atoms with E-state index in [0.29, 0.717) is 18.7 Å². The number of anilines is 2. The maximum absolute atomic E-state index is 13.8. The molecule has 6 nitrogen and oxygen atoms in total. The quantitative estimate of drug-likeness (QED) is 0.678. The molecule has 0 spiro atoms. The number of amides is 2. The van der Waals surface area contributed by atoms with Gasteiger partial charge in [0, 0.05) is 11.8 Å². The van der Waals surface area contributed by atoms with Crippen molar-refractivity contribution in [1.29, 1.82) is 0 Å². The van der Waals surface area contributed by atoms with Crippen molar-refractivity contribution in [3.05, 3.63) is 64.2 Å². The summed E-state index contributed by atoms with van der Waals surface area (Å²) in [5.41, 5.74) is 2.93. The number of hydrogen-bond donors (Lipinski definition) is 2. The van der Waals surface area contributed by atoms with E-state index in [1.54, 1.807) is 11.4 Å². The average molecular weight is 372 g/mol. The van der Waals surface area contributed by atoms with Crippen LogP contribution in [0.2, 0.25) is 0 Å². The van der Waals surface area contributed by atoms with Crippen LogP contribution >= 0.6 is 11.3 Å². The predicted octanol–water partition coefficient (Wildman–Crippen LogP) is 4.25. The van der Waals surface area contributed by atoms with Gasteiger partial charge in [0.05, 0.1) is 18.5 Å². The number of carbonyl (C=O) groups excluding carboxylic acids is 1. The summed E-state index contributed by atoms with van der Waals surface area (Å²) < 4.78 is 19.3. The van der Waals surface area contributed by atoms with Crippen molar-refractivity contribution in [2.75, 3.05) is 17.2 Å². The molecule has 2 amide bonds. The molecule has 0 bridgehead atoms. The van der Waals surface area contributed by atoms with Crippen molar-refractivity contribution < 1.29 is 13.9 Å². The summed E-state index contributed by atoms with van der Waals surface area (Å²) >= 11 is 1.44. The third-order valence-electron chi connectivity index (χ3n) is 3.48. The Hall–Kier alpha value is -3.00. The number of aryl methyl sites for hydroxylation is 1. The molecule has 2 N–H and O–H groups in total. The molecule has 3 rings (SSSR count). The highest BCUT2D eigenvalue weighted by atomic mass is 32.1. The maximum atomic E-state index is 13.8. The summed E-state index contributed by atoms with van der Waals surface area (Å²) in [5, 5.41) is 8.51. The fourth-order valence-corrected chi connectivity index (χ4v) is 2.72. The van der Waals surface area contributed by atoms with Crippen LogP contribution in [-0.4, -0.2) is 22.6 Å². The van der Waals surface area contributed by atoms with E-state index < -0.39 is 11.8 Å². The van der Waals surface area contributed by atoms with Crippen LogP contribution in [0, 0.1) is 12.7 Å². The molecule has 0 radical (unpaired) electrons. The first kappa shape index (κ1) is 17.8.